The molecule has 3 atom stereocenters. The van der Waals surface area contributed by atoms with E-state index in [1.165, 1.54) is 81.3 Å². The van der Waals surface area contributed by atoms with Gasteiger partial charge in [0.2, 0.25) is 41.4 Å². The Morgan fingerprint density at radius 1 is 0.486 bits per heavy atom. The lowest BCUT2D eigenvalue weighted by Crippen LogP contribution is -2.33. The normalized spacial score (nSPS) is 14.5. The number of halogens is 3. The summed E-state index contributed by atoms with van der Waals surface area (Å²) in [6.45, 7) is 4.21. The number of aliphatic carboxylic acids is 3. The van der Waals surface area contributed by atoms with Crippen LogP contribution in [0.2, 0.25) is 0 Å². The number of methoxy groups -OCH3 is 8. The number of nitrogens with one attached hydrogen (secondary N) is 8. The van der Waals surface area contributed by atoms with Crippen LogP contribution in [-0.4, -0.2) is 197 Å². The summed E-state index contributed by atoms with van der Waals surface area (Å²) >= 11 is 0. The zero-order valence-electron chi connectivity index (χ0n) is 82.1. The molecule has 10 heterocycles. The largest absolute Gasteiger partial charge is 0.497 e. The van der Waals surface area contributed by atoms with E-state index in [1.807, 2.05) is 104 Å². The van der Waals surface area contributed by atoms with E-state index in [9.17, 15) is 56.8 Å². The third-order valence-corrected chi connectivity index (χ3v) is 24.5. The highest BCUT2D eigenvalue weighted by Gasteiger charge is 2.40. The fraction of sp³-hybridized carbons (Fsp3) is 0.269. The Morgan fingerprint density at radius 2 is 1.01 bits per heavy atom. The van der Waals surface area contributed by atoms with Crippen molar-refractivity contribution < 1.29 is 119 Å². The number of carbonyl (C=O) groups excluding carboxylic acids is 4. The van der Waals surface area contributed by atoms with Crippen molar-refractivity contribution in [2.24, 2.45) is 19.1 Å². The number of anilines is 3. The third-order valence-electron chi connectivity index (χ3n) is 24.5. The molecule has 2 aliphatic carbocycles. The summed E-state index contributed by atoms with van der Waals surface area (Å²) < 4.78 is 100.0. The summed E-state index contributed by atoms with van der Waals surface area (Å²) in [5.74, 6) is -1.09. The number of carbonyl (C=O) groups is 7. The number of carboxylic acid groups (broad SMARTS) is 3. The van der Waals surface area contributed by atoms with Gasteiger partial charge in [0.05, 0.1) is 137 Å². The number of hydrogen-bond acceptors (Lipinski definition) is 28. The maximum Gasteiger partial charge on any atom is 0.496 e. The number of hydrogen-bond donors (Lipinski definition) is 13. The molecule has 0 radical (unpaired) electrons. The minimum absolute atomic E-state index is 0.0434. The number of furan rings is 2. The fourth-order valence-electron chi connectivity index (χ4n) is 17.2. The van der Waals surface area contributed by atoms with E-state index in [-0.39, 0.29) is 98.8 Å². The number of rotatable bonds is 39. The van der Waals surface area contributed by atoms with Gasteiger partial charge in [0.1, 0.15) is 88.8 Å². The number of benzene rings is 4. The average molecular weight is 2000 g/mol. The van der Waals surface area contributed by atoms with Crippen molar-refractivity contribution in [2.45, 2.75) is 90.3 Å². The fourth-order valence-corrected chi connectivity index (χ4v) is 17.2. The van der Waals surface area contributed by atoms with Crippen LogP contribution in [0.15, 0.2) is 202 Å². The molecule has 0 saturated carbocycles. The Morgan fingerprint density at radius 3 is 1.53 bits per heavy atom. The topological polar surface area (TPSA) is 494 Å². The van der Waals surface area contributed by atoms with Gasteiger partial charge in [-0.3, -0.25) is 38.7 Å². The maximum atomic E-state index is 14.2. The number of pyridine rings is 4. The molecule has 16 rings (SSSR count). The number of urea groups is 1. The highest BCUT2D eigenvalue weighted by atomic mass is 19.1. The SMILES string of the molecule is COc1cc(C=C2C(C)=C(CC(=O)NCc3cccn3C)c3nc(F)ccc32)cc(OC)c1NCC(=O)O.COc1cc(CC2=NC(CC(=O)NCc3cccn3C)c3nc(F)ccc32)ccc1NCC(=O)O.COc1cc(CC2c3cnc(F)cc3C(CC(=O)NCc3ccco3)N2C)cc(OC)c1B(O)O.COc1cc2c(cn1)C(=Cc1cc(OC)c(NCC(=O)O)c(OC)c1)C(C)=C2NC(=O)NCc1ccco1. The van der Waals surface area contributed by atoms with Crippen LogP contribution in [0, 0.1) is 17.8 Å². The first-order chi connectivity index (χ1) is 70.2. The van der Waals surface area contributed by atoms with Gasteiger partial charge in [-0.2, -0.15) is 13.2 Å². The summed E-state index contributed by atoms with van der Waals surface area (Å²) in [7, 11) is 15.8. The van der Waals surface area contributed by atoms with E-state index in [1.54, 1.807) is 110 Å². The minimum atomic E-state index is -1.76. The van der Waals surface area contributed by atoms with Crippen molar-refractivity contribution in [3.63, 3.8) is 0 Å². The second kappa shape index (κ2) is 49.0. The number of fused-ring (bicyclic) bond motifs is 4. The second-order valence-corrected chi connectivity index (χ2v) is 33.7. The highest BCUT2D eigenvalue weighted by molar-refractivity contribution is 6.61. The van der Waals surface area contributed by atoms with Crippen molar-refractivity contribution in [3.8, 4) is 46.1 Å². The molecule has 2 aliphatic heterocycles. The number of nitrogens with zero attached hydrogens (tertiary/aromatic N) is 8. The van der Waals surface area contributed by atoms with Crippen LogP contribution in [0.25, 0.3) is 34.6 Å². The molecule has 13 N–H and O–H groups in total. The number of aryl methyl sites for hydroxylation is 2. The van der Waals surface area contributed by atoms with Crippen LogP contribution >= 0.6 is 0 Å². The molecule has 5 amide bonds. The van der Waals surface area contributed by atoms with E-state index < -0.39 is 54.9 Å². The van der Waals surface area contributed by atoms with Crippen molar-refractivity contribution in [3.05, 3.63) is 296 Å². The van der Waals surface area contributed by atoms with Crippen LogP contribution < -0.4 is 85.9 Å². The molecule has 0 bridgehead atoms. The van der Waals surface area contributed by atoms with Crippen LogP contribution in [0.4, 0.5) is 35.0 Å². The lowest BCUT2D eigenvalue weighted by atomic mass is 9.77. The van der Waals surface area contributed by atoms with Crippen molar-refractivity contribution >= 4 is 112 Å². The predicted octanol–water partition coefficient (Wildman–Crippen LogP) is 12.4. The monoisotopic (exact) mass is 2000 g/mol. The first-order valence-electron chi connectivity index (χ1n) is 45.7. The smallest absolute Gasteiger partial charge is 0.496 e. The Kier molecular flexibility index (Phi) is 35.7. The summed E-state index contributed by atoms with van der Waals surface area (Å²) in [5.41, 5.74) is 17.1. The molecule has 762 valence electrons. The van der Waals surface area contributed by atoms with Gasteiger partial charge in [-0.15, -0.1) is 0 Å². The van der Waals surface area contributed by atoms with Gasteiger partial charge in [0.25, 0.3) is 0 Å². The molecular formula is C104H110BF3N16O22. The van der Waals surface area contributed by atoms with Gasteiger partial charge in [-0.05, 0) is 228 Å². The zero-order valence-corrected chi connectivity index (χ0v) is 82.1. The summed E-state index contributed by atoms with van der Waals surface area (Å²) in [6, 6.07) is 38.0. The third kappa shape index (κ3) is 26.2. The lowest BCUT2D eigenvalue weighted by molar-refractivity contribution is -0.135. The molecule has 12 aromatic rings. The minimum Gasteiger partial charge on any atom is -0.497 e. The Hall–Kier alpha value is -17.1. The van der Waals surface area contributed by atoms with Gasteiger partial charge in [0.15, 0.2) is 0 Å². The number of aromatic nitrogens is 6. The van der Waals surface area contributed by atoms with E-state index in [2.05, 4.69) is 62.5 Å². The van der Waals surface area contributed by atoms with Crippen molar-refractivity contribution in [1.29, 1.82) is 0 Å². The molecule has 8 aromatic heterocycles. The van der Waals surface area contributed by atoms with E-state index in [0.29, 0.717) is 140 Å². The molecule has 38 nitrogen and oxygen atoms in total. The molecule has 0 spiro atoms. The molecule has 0 fully saturated rings. The first-order valence-corrected chi connectivity index (χ1v) is 45.7. The summed E-state index contributed by atoms with van der Waals surface area (Å²) in [4.78, 5) is 107. The van der Waals surface area contributed by atoms with Gasteiger partial charge in [-0.1, -0.05) is 6.07 Å². The summed E-state index contributed by atoms with van der Waals surface area (Å²) in [5, 5.41) is 69.3. The molecule has 0 saturated heterocycles. The first kappa shape index (κ1) is 106. The van der Waals surface area contributed by atoms with Gasteiger partial charge in [0, 0.05) is 109 Å². The maximum absolute atomic E-state index is 14.2. The van der Waals surface area contributed by atoms with Crippen molar-refractivity contribution in [2.75, 3.05) is 99.5 Å². The number of amides is 5. The van der Waals surface area contributed by atoms with E-state index in [4.69, 9.17) is 67.0 Å². The lowest BCUT2D eigenvalue weighted by Gasteiger charge is -2.26. The van der Waals surface area contributed by atoms with Gasteiger partial charge in [-0.25, -0.2) is 24.7 Å². The van der Waals surface area contributed by atoms with Crippen LogP contribution in [0.3, 0.4) is 0 Å². The number of allylic oxidation sites excluding steroid dienone is 4. The molecule has 42 heteroatoms. The number of carboxylic acids is 3. The van der Waals surface area contributed by atoms with Crippen molar-refractivity contribution in [1.82, 2.24) is 60.6 Å². The standard InChI is InChI=1S/C28H29FN4O5.C27H28N4O7.C25H26FN5O4.C24H27BFN3O6/c1-16-20(10-17-11-22(37-3)28(23(12-17)38-4)31-15-26(35)36)19-7-8-24(29)32-27(19)21(16)13-25(34)30-14-18-6-5-9-33(18)2;1-15-18(8-16-9-21(35-2)26(22(10-16)36-3)29-14-24(32)33)20-13-28-23(37-4)11-19(20)25(15)31-27(34)30-12-17-6-5-7-38-17;1-31-9-3-4-16(31)13-28-23(32)12-20-25-17(6-8-22(26)30-25)19(29-20)10-15-5-7-18(21(11-15)35-2)27-14-24(33)34;1-29-18(7-14-8-20(33-2)24(25(31)32)21(9-14)34-3)17-13-27-22(26)10-16(17)19(29)11-23(30)28-12-15-5-4-6-35-15/h5-12,31H,13-15H2,1-4H3,(H,30,34)(H,35,36);5-11,13,29H,12,14H2,1-4H3,(H,32,33)(H2,30,31,34);3-9,11,20,27H,10,12-14H2,1-2H3,(H,28,32)(H,33,34);4-6,8-10,13,18-19,31-32H,7,11-12H2,1-3H3,(H,28,30). The summed E-state index contributed by atoms with van der Waals surface area (Å²) in [6.07, 6.45) is 15.0. The second-order valence-electron chi connectivity index (χ2n) is 33.7. The van der Waals surface area contributed by atoms with Crippen LogP contribution in [-0.2, 0) is 81.9 Å². The molecular weight excluding hydrogens is 1890 g/mol. The van der Waals surface area contributed by atoms with Crippen LogP contribution in [0.5, 0.6) is 46.1 Å². The van der Waals surface area contributed by atoms with Gasteiger partial charge >= 0.3 is 31.1 Å². The van der Waals surface area contributed by atoms with Gasteiger partial charge < -0.3 is 124 Å². The number of aliphatic imine (C=N–C) groups is 1. The zero-order chi connectivity index (χ0) is 105. The Bertz CT molecular complexity index is 6910. The molecule has 3 unspecified atom stereocenters. The van der Waals surface area contributed by atoms with E-state index in [0.717, 1.165) is 67.1 Å². The molecule has 4 aromatic carbocycles. The van der Waals surface area contributed by atoms with E-state index >= 15 is 0 Å². The number of likely N-dealkylation sites (N-methyl/N-ethyl adjacent to an activating group) is 1. The molecule has 4 aliphatic rings. The van der Waals surface area contributed by atoms with Crippen LogP contribution in [0.1, 0.15) is 141 Å². The average Bonchev–Trinajstić information content (AvgIpc) is 1.63. The highest BCUT2D eigenvalue weighted by Crippen LogP contribution is 2.49. The number of ether oxygens (including phenoxy) is 8. The Labute approximate surface area is 837 Å². The Balaban J connectivity index is 0.000000163. The quantitative estimate of drug-likeness (QED) is 0.0126. The molecule has 146 heavy (non-hydrogen) atoms. The predicted molar refractivity (Wildman–Crippen MR) is 537 cm³/mol.